The number of nitrogens with one attached hydrogen (secondary N) is 1. The number of aliphatic hydroxyl groups is 1. The van der Waals surface area contributed by atoms with E-state index in [0.29, 0.717) is 12.3 Å². The van der Waals surface area contributed by atoms with Crippen LogP contribution in [0.2, 0.25) is 0 Å². The third-order valence-electron chi connectivity index (χ3n) is 2.59. The Morgan fingerprint density at radius 2 is 2.12 bits per heavy atom. The van der Waals surface area contributed by atoms with Crippen molar-refractivity contribution in [3.63, 3.8) is 0 Å². The molecular formula is C12H26N2O2S. The molecule has 0 fully saturated rings. The molecular weight excluding hydrogens is 236 g/mol. The second kappa shape index (κ2) is 7.95. The van der Waals surface area contributed by atoms with Gasteiger partial charge in [0.05, 0.1) is 11.6 Å². The molecule has 0 aromatic heterocycles. The average Bonchev–Trinajstić information content (AvgIpc) is 2.22. The molecule has 0 aliphatic heterocycles. The van der Waals surface area contributed by atoms with Crippen molar-refractivity contribution in [1.29, 1.82) is 0 Å². The van der Waals surface area contributed by atoms with Crippen molar-refractivity contribution in [2.24, 2.45) is 0 Å². The zero-order valence-corrected chi connectivity index (χ0v) is 12.4. The van der Waals surface area contributed by atoms with Crippen LogP contribution in [0.1, 0.15) is 26.7 Å². The number of rotatable bonds is 8. The highest BCUT2D eigenvalue weighted by Crippen LogP contribution is 2.10. The van der Waals surface area contributed by atoms with Gasteiger partial charge >= 0.3 is 0 Å². The summed E-state index contributed by atoms with van der Waals surface area (Å²) >= 11 is 1.57. The number of carbonyl (C=O) groups excluding carboxylic acids is 1. The third kappa shape index (κ3) is 6.91. The maximum Gasteiger partial charge on any atom is 0.237 e. The smallest absolute Gasteiger partial charge is 0.237 e. The molecule has 2 unspecified atom stereocenters. The Kier molecular flexibility index (Phi) is 7.83. The van der Waals surface area contributed by atoms with Crippen LogP contribution >= 0.6 is 11.8 Å². The third-order valence-corrected chi connectivity index (χ3v) is 3.50. The summed E-state index contributed by atoms with van der Waals surface area (Å²) in [5, 5.41) is 12.8. The number of thioether (sulfide) groups is 1. The van der Waals surface area contributed by atoms with E-state index in [1.807, 2.05) is 25.3 Å². The summed E-state index contributed by atoms with van der Waals surface area (Å²) in [4.78, 5) is 13.9. The van der Waals surface area contributed by atoms with Crippen LogP contribution in [-0.2, 0) is 4.79 Å². The van der Waals surface area contributed by atoms with E-state index in [1.54, 1.807) is 18.7 Å². The van der Waals surface area contributed by atoms with Gasteiger partial charge in [-0.25, -0.2) is 0 Å². The first-order valence-electron chi connectivity index (χ1n) is 5.99. The van der Waals surface area contributed by atoms with Crippen molar-refractivity contribution in [1.82, 2.24) is 10.2 Å². The number of hydrogen-bond donors (Lipinski definition) is 2. The van der Waals surface area contributed by atoms with Crippen molar-refractivity contribution >= 4 is 17.7 Å². The summed E-state index contributed by atoms with van der Waals surface area (Å²) in [6.45, 7) is 4.11. The van der Waals surface area contributed by atoms with Crippen LogP contribution in [0.3, 0.4) is 0 Å². The largest absolute Gasteiger partial charge is 0.387 e. The van der Waals surface area contributed by atoms with Crippen LogP contribution < -0.4 is 5.32 Å². The first-order chi connectivity index (χ1) is 7.84. The second-order valence-electron chi connectivity index (χ2n) is 4.92. The van der Waals surface area contributed by atoms with E-state index >= 15 is 0 Å². The molecule has 102 valence electrons. The van der Waals surface area contributed by atoms with Crippen molar-refractivity contribution in [2.45, 2.75) is 38.3 Å². The average molecular weight is 262 g/mol. The van der Waals surface area contributed by atoms with Crippen LogP contribution in [0.25, 0.3) is 0 Å². The second-order valence-corrected chi connectivity index (χ2v) is 5.78. The zero-order chi connectivity index (χ0) is 13.5. The quantitative estimate of drug-likeness (QED) is 0.684. The lowest BCUT2D eigenvalue weighted by atomic mass is 10.1. The SMILES string of the molecule is CCCC(C(=O)NCC(C)(O)CSC)N(C)C. The summed E-state index contributed by atoms with van der Waals surface area (Å²) in [6, 6.07) is -0.106. The Morgan fingerprint density at radius 1 is 1.53 bits per heavy atom. The molecule has 0 saturated carbocycles. The van der Waals surface area contributed by atoms with Crippen molar-refractivity contribution in [3.8, 4) is 0 Å². The lowest BCUT2D eigenvalue weighted by molar-refractivity contribution is -0.126. The molecule has 0 aliphatic rings. The first kappa shape index (κ1) is 16.7. The van der Waals surface area contributed by atoms with E-state index in [9.17, 15) is 9.90 Å². The lowest BCUT2D eigenvalue weighted by Crippen LogP contribution is -2.49. The van der Waals surface area contributed by atoms with Gasteiger partial charge in [-0.15, -0.1) is 0 Å². The predicted molar refractivity (Wildman–Crippen MR) is 74.4 cm³/mol. The number of likely N-dealkylation sites (N-methyl/N-ethyl adjacent to an activating group) is 1. The summed E-state index contributed by atoms with van der Waals surface area (Å²) in [6.07, 6.45) is 3.75. The topological polar surface area (TPSA) is 52.6 Å². The van der Waals surface area contributed by atoms with Gasteiger partial charge in [-0.2, -0.15) is 11.8 Å². The van der Waals surface area contributed by atoms with Gasteiger partial charge in [-0.3, -0.25) is 9.69 Å². The highest BCUT2D eigenvalue weighted by atomic mass is 32.2. The minimum absolute atomic E-state index is 0.00164. The molecule has 0 aliphatic carbocycles. The Bertz CT molecular complexity index is 233. The maximum absolute atomic E-state index is 12.0. The van der Waals surface area contributed by atoms with Gasteiger partial charge in [0.15, 0.2) is 0 Å². The Labute approximate surface area is 109 Å². The fraction of sp³-hybridized carbons (Fsp3) is 0.917. The van der Waals surface area contributed by atoms with Crippen LogP contribution in [0.5, 0.6) is 0 Å². The zero-order valence-electron chi connectivity index (χ0n) is 11.6. The van der Waals surface area contributed by atoms with Gasteiger partial charge < -0.3 is 10.4 Å². The van der Waals surface area contributed by atoms with E-state index in [2.05, 4.69) is 12.2 Å². The van der Waals surface area contributed by atoms with Gasteiger partial charge in [0.25, 0.3) is 0 Å². The standard InChI is InChI=1S/C12H26N2O2S/c1-6-7-10(14(3)4)11(15)13-8-12(2,16)9-17-5/h10,16H,6-9H2,1-5H3,(H,13,15). The van der Waals surface area contributed by atoms with E-state index in [4.69, 9.17) is 0 Å². The van der Waals surface area contributed by atoms with Crippen LogP contribution in [0.15, 0.2) is 0 Å². The van der Waals surface area contributed by atoms with Gasteiger partial charge in [-0.05, 0) is 33.7 Å². The highest BCUT2D eigenvalue weighted by molar-refractivity contribution is 7.98. The number of nitrogens with zero attached hydrogens (tertiary/aromatic N) is 1. The fourth-order valence-corrected chi connectivity index (χ4v) is 2.38. The van der Waals surface area contributed by atoms with Gasteiger partial charge in [-0.1, -0.05) is 13.3 Å². The van der Waals surface area contributed by atoms with Crippen molar-refractivity contribution in [2.75, 3.05) is 32.6 Å². The van der Waals surface area contributed by atoms with E-state index in [1.165, 1.54) is 0 Å². The summed E-state index contributed by atoms with van der Waals surface area (Å²) < 4.78 is 0. The summed E-state index contributed by atoms with van der Waals surface area (Å²) in [5.74, 6) is 0.617. The first-order valence-corrected chi connectivity index (χ1v) is 7.39. The Balaban J connectivity index is 4.22. The molecule has 2 atom stereocenters. The molecule has 17 heavy (non-hydrogen) atoms. The number of carbonyl (C=O) groups is 1. The van der Waals surface area contributed by atoms with E-state index < -0.39 is 5.60 Å². The van der Waals surface area contributed by atoms with Crippen LogP contribution in [0, 0.1) is 0 Å². The highest BCUT2D eigenvalue weighted by Gasteiger charge is 2.24. The minimum atomic E-state index is -0.835. The molecule has 0 spiro atoms. The van der Waals surface area contributed by atoms with Gasteiger partial charge in [0.2, 0.25) is 5.91 Å². The molecule has 0 aromatic rings. The molecule has 0 aromatic carbocycles. The van der Waals surface area contributed by atoms with E-state index in [0.717, 1.165) is 12.8 Å². The minimum Gasteiger partial charge on any atom is -0.387 e. The fourth-order valence-electron chi connectivity index (χ4n) is 1.65. The normalized spacial score (nSPS) is 16.6. The molecule has 5 heteroatoms. The molecule has 4 nitrogen and oxygen atoms in total. The monoisotopic (exact) mass is 262 g/mol. The molecule has 0 saturated heterocycles. The van der Waals surface area contributed by atoms with Gasteiger partial charge in [0, 0.05) is 12.3 Å². The maximum atomic E-state index is 12.0. The van der Waals surface area contributed by atoms with Gasteiger partial charge in [0.1, 0.15) is 0 Å². The van der Waals surface area contributed by atoms with E-state index in [-0.39, 0.29) is 11.9 Å². The predicted octanol–water partition coefficient (Wildman–Crippen LogP) is 0.947. The summed E-state index contributed by atoms with van der Waals surface area (Å²) in [5.41, 5.74) is -0.835. The molecule has 1 amide bonds. The molecule has 0 bridgehead atoms. The molecule has 2 N–H and O–H groups in total. The van der Waals surface area contributed by atoms with Crippen molar-refractivity contribution in [3.05, 3.63) is 0 Å². The molecule has 0 heterocycles. The lowest BCUT2D eigenvalue weighted by Gasteiger charge is -2.27. The van der Waals surface area contributed by atoms with Crippen LogP contribution in [-0.4, -0.2) is 60.2 Å². The Hall–Kier alpha value is -0.260. The molecule has 0 radical (unpaired) electrons. The van der Waals surface area contributed by atoms with Crippen molar-refractivity contribution < 1.29 is 9.90 Å². The molecule has 0 rings (SSSR count). The summed E-state index contributed by atoms with van der Waals surface area (Å²) in [7, 11) is 3.81. The van der Waals surface area contributed by atoms with Crippen LogP contribution in [0.4, 0.5) is 0 Å². The number of hydrogen-bond acceptors (Lipinski definition) is 4. The Morgan fingerprint density at radius 3 is 2.53 bits per heavy atom. The number of amides is 1.